The van der Waals surface area contributed by atoms with Crippen LogP contribution in [0.3, 0.4) is 0 Å². The second-order valence-corrected chi connectivity index (χ2v) is 7.03. The van der Waals surface area contributed by atoms with Gasteiger partial charge in [-0.1, -0.05) is 24.3 Å². The second-order valence-electron chi connectivity index (χ2n) is 7.03. The molecule has 0 spiro atoms. The summed E-state index contributed by atoms with van der Waals surface area (Å²) in [6.07, 6.45) is 7.92. The first-order valence-electron chi connectivity index (χ1n) is 9.25. The lowest BCUT2D eigenvalue weighted by Crippen LogP contribution is -2.33. The number of fused-ring (bicyclic) bond motifs is 1. The van der Waals surface area contributed by atoms with E-state index < -0.39 is 0 Å². The summed E-state index contributed by atoms with van der Waals surface area (Å²) in [5.41, 5.74) is 7.96. The van der Waals surface area contributed by atoms with Crippen LogP contribution in [0.25, 0.3) is 10.9 Å². The van der Waals surface area contributed by atoms with Crippen molar-refractivity contribution in [3.63, 3.8) is 0 Å². The van der Waals surface area contributed by atoms with Crippen molar-refractivity contribution >= 4 is 28.2 Å². The Kier molecular flexibility index (Phi) is 3.78. The van der Waals surface area contributed by atoms with Crippen molar-refractivity contribution in [3.8, 4) is 0 Å². The number of benzene rings is 2. The van der Waals surface area contributed by atoms with Gasteiger partial charge in [0.25, 0.3) is 0 Å². The van der Waals surface area contributed by atoms with Crippen LogP contribution in [0.5, 0.6) is 0 Å². The van der Waals surface area contributed by atoms with Gasteiger partial charge in [0.15, 0.2) is 0 Å². The van der Waals surface area contributed by atoms with Crippen molar-refractivity contribution < 1.29 is 4.79 Å². The van der Waals surface area contributed by atoms with E-state index in [0.29, 0.717) is 6.42 Å². The maximum Gasteiger partial charge on any atom is 0.248 e. The SMILES string of the molecule is O=C1NN=C(c2ccc(N3C=CCC3)cc2)CC1c1ccc2[nH]ccc2c1. The maximum atomic E-state index is 12.4. The van der Waals surface area contributed by atoms with Gasteiger partial charge < -0.3 is 9.88 Å². The van der Waals surface area contributed by atoms with Crippen LogP contribution in [0, 0.1) is 0 Å². The predicted molar refractivity (Wildman–Crippen MR) is 108 cm³/mol. The van der Waals surface area contributed by atoms with Crippen LogP contribution in [0.2, 0.25) is 0 Å². The van der Waals surface area contributed by atoms with E-state index in [4.69, 9.17) is 0 Å². The summed E-state index contributed by atoms with van der Waals surface area (Å²) in [7, 11) is 0. The Bertz CT molecular complexity index is 1060. The van der Waals surface area contributed by atoms with E-state index in [2.05, 4.69) is 63.0 Å². The van der Waals surface area contributed by atoms with E-state index in [9.17, 15) is 4.79 Å². The van der Waals surface area contributed by atoms with Crippen molar-refractivity contribution in [3.05, 3.63) is 78.1 Å². The van der Waals surface area contributed by atoms with Gasteiger partial charge in [0, 0.05) is 36.6 Å². The zero-order chi connectivity index (χ0) is 18.2. The molecule has 1 unspecified atom stereocenters. The Morgan fingerprint density at radius 2 is 1.96 bits per heavy atom. The number of carbonyl (C=O) groups excluding carboxylic acids is 1. The molecule has 2 aliphatic rings. The molecule has 2 aliphatic heterocycles. The van der Waals surface area contributed by atoms with Crippen LogP contribution in [0.1, 0.15) is 29.9 Å². The van der Waals surface area contributed by atoms with E-state index in [1.54, 1.807) is 0 Å². The summed E-state index contributed by atoms with van der Waals surface area (Å²) < 4.78 is 0. The first kappa shape index (κ1) is 15.9. The largest absolute Gasteiger partial charge is 0.361 e. The minimum atomic E-state index is -0.224. The summed E-state index contributed by atoms with van der Waals surface area (Å²) >= 11 is 0. The number of nitrogens with one attached hydrogen (secondary N) is 2. The van der Waals surface area contributed by atoms with Crippen molar-refractivity contribution in [1.29, 1.82) is 0 Å². The summed E-state index contributed by atoms with van der Waals surface area (Å²) in [6.45, 7) is 1.03. The van der Waals surface area contributed by atoms with Crippen LogP contribution in [-0.2, 0) is 4.79 Å². The normalized spacial score (nSPS) is 19.4. The van der Waals surface area contributed by atoms with Gasteiger partial charge in [-0.05, 0) is 53.3 Å². The lowest BCUT2D eigenvalue weighted by atomic mass is 9.89. The predicted octanol–water partition coefficient (Wildman–Crippen LogP) is 3.90. The molecule has 0 bridgehead atoms. The number of hydrazone groups is 1. The third-order valence-electron chi connectivity index (χ3n) is 5.35. The molecule has 5 heteroatoms. The summed E-state index contributed by atoms with van der Waals surface area (Å²) in [6, 6.07) is 16.6. The third kappa shape index (κ3) is 2.91. The quantitative estimate of drug-likeness (QED) is 0.748. The number of rotatable bonds is 3. The van der Waals surface area contributed by atoms with Gasteiger partial charge >= 0.3 is 0 Å². The molecule has 5 rings (SSSR count). The molecule has 1 amide bonds. The highest BCUT2D eigenvalue weighted by Crippen LogP contribution is 2.28. The monoisotopic (exact) mass is 356 g/mol. The number of H-pyrrole nitrogens is 1. The molecule has 0 saturated heterocycles. The number of anilines is 1. The first-order valence-corrected chi connectivity index (χ1v) is 9.25. The van der Waals surface area contributed by atoms with Crippen LogP contribution in [-0.4, -0.2) is 23.1 Å². The van der Waals surface area contributed by atoms with E-state index in [-0.39, 0.29) is 11.8 Å². The molecule has 5 nitrogen and oxygen atoms in total. The molecule has 2 N–H and O–H groups in total. The fourth-order valence-electron chi connectivity index (χ4n) is 3.82. The molecule has 3 aromatic rings. The van der Waals surface area contributed by atoms with Gasteiger partial charge in [-0.2, -0.15) is 5.10 Å². The van der Waals surface area contributed by atoms with Gasteiger partial charge in [-0.25, -0.2) is 5.43 Å². The number of carbonyl (C=O) groups is 1. The molecule has 3 heterocycles. The molecule has 27 heavy (non-hydrogen) atoms. The Labute approximate surface area is 157 Å². The molecular formula is C22H20N4O. The lowest BCUT2D eigenvalue weighted by Gasteiger charge is -2.22. The standard InChI is InChI=1S/C22H20N4O/c27-22-19(16-5-8-20-17(13-16)9-10-23-20)14-21(24-25-22)15-3-6-18(7-4-15)26-11-1-2-12-26/h1,3-11,13,19,23H,2,12,14H2,(H,25,27). The summed E-state index contributed by atoms with van der Waals surface area (Å²) in [4.78, 5) is 17.9. The molecule has 134 valence electrons. The number of aromatic nitrogens is 1. The van der Waals surface area contributed by atoms with Gasteiger partial charge in [0.1, 0.15) is 0 Å². The fourth-order valence-corrected chi connectivity index (χ4v) is 3.82. The summed E-state index contributed by atoms with van der Waals surface area (Å²) in [5.74, 6) is -0.273. The molecule has 0 fully saturated rings. The van der Waals surface area contributed by atoms with Crippen molar-refractivity contribution in [2.24, 2.45) is 5.10 Å². The van der Waals surface area contributed by atoms with Crippen molar-refractivity contribution in [2.75, 3.05) is 11.4 Å². The lowest BCUT2D eigenvalue weighted by molar-refractivity contribution is -0.122. The van der Waals surface area contributed by atoms with Crippen molar-refractivity contribution in [2.45, 2.75) is 18.8 Å². The number of hydrogen-bond acceptors (Lipinski definition) is 3. The average molecular weight is 356 g/mol. The van der Waals surface area contributed by atoms with E-state index in [0.717, 1.165) is 40.7 Å². The Hall–Kier alpha value is -3.34. The fraction of sp³-hybridized carbons (Fsp3) is 0.182. The minimum absolute atomic E-state index is 0.0486. The topological polar surface area (TPSA) is 60.5 Å². The van der Waals surface area contributed by atoms with Gasteiger partial charge in [-0.3, -0.25) is 4.79 Å². The Morgan fingerprint density at radius 3 is 2.78 bits per heavy atom. The van der Waals surface area contributed by atoms with Crippen molar-refractivity contribution in [1.82, 2.24) is 10.4 Å². The highest BCUT2D eigenvalue weighted by Gasteiger charge is 2.27. The van der Waals surface area contributed by atoms with E-state index in [1.807, 2.05) is 24.4 Å². The smallest absolute Gasteiger partial charge is 0.248 e. The van der Waals surface area contributed by atoms with Crippen LogP contribution < -0.4 is 10.3 Å². The van der Waals surface area contributed by atoms with Crippen LogP contribution >= 0.6 is 0 Å². The summed E-state index contributed by atoms with van der Waals surface area (Å²) in [5, 5.41) is 5.44. The average Bonchev–Trinajstić information content (AvgIpc) is 3.40. The van der Waals surface area contributed by atoms with Gasteiger partial charge in [0.2, 0.25) is 5.91 Å². The molecular weight excluding hydrogens is 336 g/mol. The zero-order valence-electron chi connectivity index (χ0n) is 14.9. The Morgan fingerprint density at radius 1 is 1.07 bits per heavy atom. The third-order valence-corrected chi connectivity index (χ3v) is 5.35. The number of nitrogens with zero attached hydrogens (tertiary/aromatic N) is 2. The first-order chi connectivity index (χ1) is 13.3. The van der Waals surface area contributed by atoms with E-state index in [1.165, 1.54) is 5.69 Å². The molecule has 1 aromatic heterocycles. The highest BCUT2D eigenvalue weighted by atomic mass is 16.2. The van der Waals surface area contributed by atoms with Gasteiger partial charge in [-0.15, -0.1) is 0 Å². The molecule has 1 atom stereocenters. The van der Waals surface area contributed by atoms with Gasteiger partial charge in [0.05, 0.1) is 11.6 Å². The number of hydrogen-bond donors (Lipinski definition) is 2. The number of aromatic amines is 1. The molecule has 0 radical (unpaired) electrons. The molecule has 0 aliphatic carbocycles. The number of amides is 1. The zero-order valence-corrected chi connectivity index (χ0v) is 14.9. The highest BCUT2D eigenvalue weighted by molar-refractivity contribution is 6.06. The maximum absolute atomic E-state index is 12.4. The molecule has 2 aromatic carbocycles. The minimum Gasteiger partial charge on any atom is -0.361 e. The second kappa shape index (κ2) is 6.43. The Balaban J connectivity index is 1.40. The van der Waals surface area contributed by atoms with E-state index >= 15 is 0 Å². The van der Waals surface area contributed by atoms with Crippen LogP contribution in [0.4, 0.5) is 5.69 Å². The van der Waals surface area contributed by atoms with Crippen LogP contribution in [0.15, 0.2) is 72.1 Å². The molecule has 0 saturated carbocycles.